The molecule has 0 aliphatic heterocycles. The number of benzene rings is 2. The van der Waals surface area contributed by atoms with E-state index in [9.17, 15) is 16.8 Å². The topological polar surface area (TPSA) is 86.7 Å². The second kappa shape index (κ2) is 30.1. The van der Waals surface area contributed by atoms with Gasteiger partial charge in [0.05, 0.1) is 34.0 Å². The molecule has 0 fully saturated rings. The van der Waals surface area contributed by atoms with Gasteiger partial charge in [0.1, 0.15) is 11.5 Å². The zero-order valence-corrected chi connectivity index (χ0v) is 36.3. The number of ether oxygens (including phenoxy) is 2. The van der Waals surface area contributed by atoms with Gasteiger partial charge in [-0.05, 0) is 80.6 Å². The summed E-state index contributed by atoms with van der Waals surface area (Å²) in [4.78, 5) is 0.504. The summed E-state index contributed by atoms with van der Waals surface area (Å²) in [6, 6.07) is 13.3. The summed E-state index contributed by atoms with van der Waals surface area (Å²) in [6.07, 6.45) is 32.1. The van der Waals surface area contributed by atoms with Crippen molar-refractivity contribution in [2.75, 3.05) is 19.0 Å². The van der Waals surface area contributed by atoms with E-state index in [4.69, 9.17) is 9.47 Å². The summed E-state index contributed by atoms with van der Waals surface area (Å²) in [7, 11) is -7.13. The maximum absolute atomic E-state index is 13.4. The van der Waals surface area contributed by atoms with E-state index in [-0.39, 0.29) is 28.4 Å². The van der Waals surface area contributed by atoms with Crippen LogP contribution in [0, 0.1) is 0 Å². The van der Waals surface area contributed by atoms with Crippen LogP contribution < -0.4 is 9.47 Å². The molecule has 1 unspecified atom stereocenters. The van der Waals surface area contributed by atoms with Gasteiger partial charge in [-0.1, -0.05) is 162 Å². The predicted octanol–water partition coefficient (Wildman–Crippen LogP) is 13.7. The maximum Gasteiger partial charge on any atom is 0.181 e. The van der Waals surface area contributed by atoms with E-state index in [1.165, 1.54) is 128 Å². The van der Waals surface area contributed by atoms with Crippen LogP contribution in [0.2, 0.25) is 0 Å². The minimum absolute atomic E-state index is 0.0932. The fraction of sp³-hybridized carbons (Fsp3) is 0.739. The summed E-state index contributed by atoms with van der Waals surface area (Å²) in [5, 5.41) is -0.642. The Morgan fingerprint density at radius 1 is 0.426 bits per heavy atom. The third-order valence-electron chi connectivity index (χ3n) is 10.7. The van der Waals surface area contributed by atoms with Crippen LogP contribution in [0.3, 0.4) is 0 Å². The second-order valence-electron chi connectivity index (χ2n) is 15.5. The molecule has 310 valence electrons. The first kappa shape index (κ1) is 48.1. The average Bonchev–Trinajstić information content (AvgIpc) is 3.17. The van der Waals surface area contributed by atoms with Crippen LogP contribution >= 0.6 is 0 Å². The van der Waals surface area contributed by atoms with Gasteiger partial charge in [-0.2, -0.15) is 0 Å². The normalized spacial score (nSPS) is 12.6. The number of hydrogen-bond donors (Lipinski definition) is 0. The van der Waals surface area contributed by atoms with Gasteiger partial charge in [-0.15, -0.1) is 0 Å². The van der Waals surface area contributed by atoms with Crippen LogP contribution in [0.4, 0.5) is 0 Å². The van der Waals surface area contributed by atoms with E-state index in [1.807, 2.05) is 6.92 Å². The summed E-state index contributed by atoms with van der Waals surface area (Å²) in [6.45, 7) is 7.62. The third-order valence-corrected chi connectivity index (χ3v) is 14.9. The largest absolute Gasteiger partial charge is 0.494 e. The van der Waals surface area contributed by atoms with E-state index in [0.29, 0.717) is 31.1 Å². The lowest BCUT2D eigenvalue weighted by Gasteiger charge is -2.16. The monoisotopic (exact) mass is 791 g/mol. The predicted molar refractivity (Wildman–Crippen MR) is 229 cm³/mol. The van der Waals surface area contributed by atoms with Crippen LogP contribution in [0.15, 0.2) is 58.3 Å². The molecule has 0 bridgehead atoms. The molecule has 6 nitrogen and oxygen atoms in total. The lowest BCUT2D eigenvalue weighted by Crippen LogP contribution is -2.22. The highest BCUT2D eigenvalue weighted by atomic mass is 32.2. The molecular weight excluding hydrogens is 713 g/mol. The molecule has 0 N–H and O–H groups in total. The fourth-order valence-corrected chi connectivity index (χ4v) is 10.3. The van der Waals surface area contributed by atoms with Crippen LogP contribution in [0.1, 0.15) is 194 Å². The molecule has 0 aliphatic carbocycles. The molecule has 0 saturated heterocycles. The number of unbranched alkanes of at least 4 members (excludes halogenated alkanes) is 22. The van der Waals surface area contributed by atoms with Crippen LogP contribution in [-0.2, 0) is 19.7 Å². The highest BCUT2D eigenvalue weighted by molar-refractivity contribution is 7.92. The van der Waals surface area contributed by atoms with Gasteiger partial charge >= 0.3 is 0 Å². The van der Waals surface area contributed by atoms with Gasteiger partial charge in [0.15, 0.2) is 19.7 Å². The SMILES string of the molecule is CCCCCCCCCCCCCCCCOc1ccc(S(=O)(=O)CCCC(CC)S(=O)(=O)c2ccc(OCCCCCCCCCCCC)cc2)cc1. The van der Waals surface area contributed by atoms with E-state index < -0.39 is 24.9 Å². The van der Waals surface area contributed by atoms with Gasteiger partial charge in [0, 0.05) is 0 Å². The molecule has 2 rings (SSSR count). The molecule has 2 aromatic rings. The summed E-state index contributed by atoms with van der Waals surface area (Å²) in [5.41, 5.74) is 0. The molecule has 0 radical (unpaired) electrons. The van der Waals surface area contributed by atoms with Crippen molar-refractivity contribution in [1.29, 1.82) is 0 Å². The minimum Gasteiger partial charge on any atom is -0.494 e. The lowest BCUT2D eigenvalue weighted by atomic mass is 10.0. The van der Waals surface area contributed by atoms with Crippen molar-refractivity contribution in [1.82, 2.24) is 0 Å². The van der Waals surface area contributed by atoms with Gasteiger partial charge in [0.2, 0.25) is 0 Å². The number of rotatable bonds is 36. The lowest BCUT2D eigenvalue weighted by molar-refractivity contribution is 0.304. The fourth-order valence-electron chi connectivity index (χ4n) is 7.12. The van der Waals surface area contributed by atoms with Crippen molar-refractivity contribution < 1.29 is 26.3 Å². The molecule has 8 heteroatoms. The zero-order valence-electron chi connectivity index (χ0n) is 34.7. The molecule has 2 aromatic carbocycles. The van der Waals surface area contributed by atoms with Crippen molar-refractivity contribution in [3.05, 3.63) is 48.5 Å². The first-order chi connectivity index (χ1) is 26.2. The third kappa shape index (κ3) is 21.3. The molecule has 54 heavy (non-hydrogen) atoms. The molecule has 0 heterocycles. The zero-order chi connectivity index (χ0) is 39.2. The van der Waals surface area contributed by atoms with Gasteiger partial charge in [-0.25, -0.2) is 16.8 Å². The van der Waals surface area contributed by atoms with E-state index in [0.717, 1.165) is 25.7 Å². The maximum atomic E-state index is 13.4. The first-order valence-corrected chi connectivity index (χ1v) is 25.4. The first-order valence-electron chi connectivity index (χ1n) is 22.2. The van der Waals surface area contributed by atoms with Crippen molar-refractivity contribution in [2.24, 2.45) is 0 Å². The van der Waals surface area contributed by atoms with Gasteiger partial charge in [0.25, 0.3) is 0 Å². The van der Waals surface area contributed by atoms with Crippen LogP contribution in [0.5, 0.6) is 11.5 Å². The summed E-state index contributed by atoms with van der Waals surface area (Å²) >= 11 is 0. The van der Waals surface area contributed by atoms with Gasteiger partial charge in [-0.3, -0.25) is 0 Å². The Morgan fingerprint density at radius 3 is 1.11 bits per heavy atom. The van der Waals surface area contributed by atoms with Crippen molar-refractivity contribution in [2.45, 2.75) is 209 Å². The minimum atomic E-state index is -3.59. The molecule has 0 aliphatic rings. The van der Waals surface area contributed by atoms with E-state index in [1.54, 1.807) is 48.5 Å². The van der Waals surface area contributed by atoms with E-state index in [2.05, 4.69) is 13.8 Å². The molecule has 0 spiro atoms. The Morgan fingerprint density at radius 2 is 0.759 bits per heavy atom. The van der Waals surface area contributed by atoms with Crippen molar-refractivity contribution >= 4 is 19.7 Å². The summed E-state index contributed by atoms with van der Waals surface area (Å²) in [5.74, 6) is 1.26. The average molecular weight is 791 g/mol. The quantitative estimate of drug-likeness (QED) is 0.0639. The Hall–Kier alpha value is -2.06. The Labute approximate surface area is 332 Å². The highest BCUT2D eigenvalue weighted by Gasteiger charge is 2.27. The Balaban J connectivity index is 1.61. The van der Waals surface area contributed by atoms with Crippen molar-refractivity contribution in [3.8, 4) is 11.5 Å². The number of hydrogen-bond acceptors (Lipinski definition) is 6. The number of sulfone groups is 2. The van der Waals surface area contributed by atoms with Crippen LogP contribution in [0.25, 0.3) is 0 Å². The molecule has 0 amide bonds. The van der Waals surface area contributed by atoms with Crippen molar-refractivity contribution in [3.63, 3.8) is 0 Å². The molecule has 0 saturated carbocycles. The highest BCUT2D eigenvalue weighted by Crippen LogP contribution is 2.26. The Bertz CT molecular complexity index is 1390. The molecule has 1 atom stereocenters. The van der Waals surface area contributed by atoms with Crippen LogP contribution in [-0.4, -0.2) is 41.1 Å². The molecular formula is C46H78O6S2. The molecule has 0 aromatic heterocycles. The summed E-state index contributed by atoms with van der Waals surface area (Å²) < 4.78 is 64.8. The van der Waals surface area contributed by atoms with Gasteiger partial charge < -0.3 is 9.47 Å². The van der Waals surface area contributed by atoms with E-state index >= 15 is 0 Å². The Kier molecular flexibility index (Phi) is 26.8. The smallest absolute Gasteiger partial charge is 0.181 e. The standard InChI is InChI=1S/C46H78O6S2/c1-4-7-9-11-13-15-17-18-19-20-22-24-26-27-39-51-42-31-35-45(36-32-42)53(47,48)41-29-30-44(6-3)54(49,50)46-37-33-43(34-38-46)52-40-28-25-23-21-16-14-12-10-8-5-2/h31-38,44H,4-30,39-41H2,1-3H3. The second-order valence-corrected chi connectivity index (χ2v) is 19.8.